The van der Waals surface area contributed by atoms with Gasteiger partial charge in [0, 0.05) is 24.5 Å². The Kier molecular flexibility index (Phi) is 6.03. The van der Waals surface area contributed by atoms with Gasteiger partial charge in [-0.15, -0.1) is 0 Å². The van der Waals surface area contributed by atoms with Crippen LogP contribution < -0.4 is 4.74 Å². The van der Waals surface area contributed by atoms with E-state index in [4.69, 9.17) is 4.74 Å². The highest BCUT2D eigenvalue weighted by Gasteiger charge is 2.46. The molecule has 1 aliphatic heterocycles. The Bertz CT molecular complexity index is 1190. The van der Waals surface area contributed by atoms with E-state index < -0.39 is 17.7 Å². The number of ether oxygens (including phenoxy) is 1. The smallest absolute Gasteiger partial charge is 0.295 e. The predicted octanol–water partition coefficient (Wildman–Crippen LogP) is 4.41. The highest BCUT2D eigenvalue weighted by atomic mass is 16.5. The normalized spacial score (nSPS) is 17.6. The molecular weight excluding hydrogens is 404 g/mol. The van der Waals surface area contributed by atoms with Crippen molar-refractivity contribution in [2.75, 3.05) is 6.61 Å². The first-order valence-corrected chi connectivity index (χ1v) is 10.5. The second kappa shape index (κ2) is 9.06. The van der Waals surface area contributed by atoms with Crippen molar-refractivity contribution in [2.45, 2.75) is 26.4 Å². The van der Waals surface area contributed by atoms with Crippen LogP contribution in [-0.2, 0) is 16.1 Å². The summed E-state index contributed by atoms with van der Waals surface area (Å²) in [4.78, 5) is 31.8. The number of aliphatic hydroxyl groups excluding tert-OH is 1. The van der Waals surface area contributed by atoms with E-state index in [0.717, 1.165) is 16.7 Å². The molecule has 1 unspecified atom stereocenters. The van der Waals surface area contributed by atoms with Gasteiger partial charge in [-0.1, -0.05) is 48.0 Å². The summed E-state index contributed by atoms with van der Waals surface area (Å²) in [6.45, 7) is 4.49. The van der Waals surface area contributed by atoms with E-state index in [1.54, 1.807) is 42.7 Å². The zero-order valence-corrected chi connectivity index (χ0v) is 18.0. The third-order valence-electron chi connectivity index (χ3n) is 5.39. The zero-order chi connectivity index (χ0) is 22.7. The fourth-order valence-electron chi connectivity index (χ4n) is 3.97. The quantitative estimate of drug-likeness (QED) is 0.357. The van der Waals surface area contributed by atoms with Crippen molar-refractivity contribution < 1.29 is 19.4 Å². The fraction of sp³-hybridized carbons (Fsp3) is 0.192. The maximum Gasteiger partial charge on any atom is 0.295 e. The summed E-state index contributed by atoms with van der Waals surface area (Å²) < 4.78 is 5.53. The summed E-state index contributed by atoms with van der Waals surface area (Å²) in [7, 11) is 0. The molecule has 2 heterocycles. The first-order chi connectivity index (χ1) is 15.5. The Balaban J connectivity index is 1.85. The van der Waals surface area contributed by atoms with Gasteiger partial charge in [0.2, 0.25) is 0 Å². The lowest BCUT2D eigenvalue weighted by atomic mass is 9.94. The molecule has 162 valence electrons. The molecule has 0 bridgehead atoms. The molecule has 1 fully saturated rings. The van der Waals surface area contributed by atoms with Crippen LogP contribution in [0, 0.1) is 6.92 Å². The molecule has 1 aromatic heterocycles. The summed E-state index contributed by atoms with van der Waals surface area (Å²) in [5.74, 6) is -0.999. The fourth-order valence-corrected chi connectivity index (χ4v) is 3.97. The number of nitrogens with zero attached hydrogens (tertiary/aromatic N) is 2. The number of amides is 1. The second-order valence-electron chi connectivity index (χ2n) is 7.66. The Labute approximate surface area is 186 Å². The molecule has 1 atom stereocenters. The first-order valence-electron chi connectivity index (χ1n) is 10.5. The molecule has 3 aromatic rings. The number of rotatable bonds is 6. The molecule has 6 heteroatoms. The molecular formula is C26H24N2O4. The number of ketones is 1. The summed E-state index contributed by atoms with van der Waals surface area (Å²) in [6.07, 6.45) is 3.32. The van der Waals surface area contributed by atoms with Crippen molar-refractivity contribution in [2.24, 2.45) is 0 Å². The average Bonchev–Trinajstić information content (AvgIpc) is 3.05. The van der Waals surface area contributed by atoms with E-state index in [1.165, 1.54) is 4.90 Å². The minimum atomic E-state index is -0.717. The number of benzene rings is 2. The Morgan fingerprint density at radius 2 is 1.91 bits per heavy atom. The molecule has 0 saturated carbocycles. The van der Waals surface area contributed by atoms with Crippen LogP contribution in [0.15, 0.2) is 78.6 Å². The van der Waals surface area contributed by atoms with Crippen molar-refractivity contribution in [3.63, 3.8) is 0 Å². The average molecular weight is 428 g/mol. The van der Waals surface area contributed by atoms with Crippen LogP contribution in [-0.4, -0.2) is 33.3 Å². The van der Waals surface area contributed by atoms with E-state index >= 15 is 0 Å². The third kappa shape index (κ3) is 4.12. The first kappa shape index (κ1) is 21.3. The Morgan fingerprint density at radius 1 is 1.09 bits per heavy atom. The zero-order valence-electron chi connectivity index (χ0n) is 18.0. The number of Topliss-reactive ketones (excluding diaryl/α,β-unsaturated/α-hetero) is 1. The van der Waals surface area contributed by atoms with Gasteiger partial charge in [-0.05, 0) is 43.2 Å². The molecule has 32 heavy (non-hydrogen) atoms. The van der Waals surface area contributed by atoms with Crippen molar-refractivity contribution in [1.29, 1.82) is 0 Å². The highest BCUT2D eigenvalue weighted by molar-refractivity contribution is 6.46. The van der Waals surface area contributed by atoms with Crippen molar-refractivity contribution in [1.82, 2.24) is 9.88 Å². The topological polar surface area (TPSA) is 79.7 Å². The van der Waals surface area contributed by atoms with Crippen LogP contribution in [0.4, 0.5) is 0 Å². The number of pyridine rings is 1. The minimum absolute atomic E-state index is 0.0677. The van der Waals surface area contributed by atoms with Crippen molar-refractivity contribution in [3.05, 3.63) is 101 Å². The number of hydrogen-bond donors (Lipinski definition) is 1. The Morgan fingerprint density at radius 3 is 2.62 bits per heavy atom. The largest absolute Gasteiger partial charge is 0.507 e. The van der Waals surface area contributed by atoms with Gasteiger partial charge in [-0.25, -0.2) is 0 Å². The molecule has 4 rings (SSSR count). The monoisotopic (exact) mass is 428 g/mol. The second-order valence-corrected chi connectivity index (χ2v) is 7.66. The van der Waals surface area contributed by atoms with Gasteiger partial charge in [0.1, 0.15) is 11.5 Å². The highest BCUT2D eigenvalue weighted by Crippen LogP contribution is 2.40. The van der Waals surface area contributed by atoms with Gasteiger partial charge in [0.25, 0.3) is 11.7 Å². The van der Waals surface area contributed by atoms with Gasteiger partial charge in [-0.3, -0.25) is 14.6 Å². The van der Waals surface area contributed by atoms with Crippen LogP contribution >= 0.6 is 0 Å². The summed E-state index contributed by atoms with van der Waals surface area (Å²) in [5, 5.41) is 11.2. The SMILES string of the molecule is CCOc1cccc(/C(O)=C2/C(=O)C(=O)N(Cc3cccnc3)C2c2cccc(C)c2)c1. The predicted molar refractivity (Wildman–Crippen MR) is 121 cm³/mol. The lowest BCUT2D eigenvalue weighted by Crippen LogP contribution is -2.29. The van der Waals surface area contributed by atoms with E-state index in [-0.39, 0.29) is 17.9 Å². The number of carbonyl (C=O) groups is 2. The minimum Gasteiger partial charge on any atom is -0.507 e. The molecule has 1 saturated heterocycles. The van der Waals surface area contributed by atoms with Crippen LogP contribution in [0.3, 0.4) is 0 Å². The lowest BCUT2D eigenvalue weighted by Gasteiger charge is -2.25. The van der Waals surface area contributed by atoms with E-state index in [9.17, 15) is 14.7 Å². The maximum atomic E-state index is 13.1. The lowest BCUT2D eigenvalue weighted by molar-refractivity contribution is -0.140. The number of hydrogen-bond acceptors (Lipinski definition) is 5. The standard InChI is InChI=1S/C26H24N2O4/c1-3-32-21-11-5-10-20(14-21)24(29)22-23(19-9-4-7-17(2)13-19)28(26(31)25(22)30)16-18-8-6-12-27-15-18/h4-15,23,29H,3,16H2,1-2H3/b24-22-. The van der Waals surface area contributed by atoms with E-state index in [2.05, 4.69) is 4.98 Å². The van der Waals surface area contributed by atoms with Crippen molar-refractivity contribution >= 4 is 17.4 Å². The molecule has 2 aromatic carbocycles. The molecule has 1 aliphatic rings. The molecule has 0 spiro atoms. The van der Waals surface area contributed by atoms with Gasteiger partial charge >= 0.3 is 0 Å². The maximum absolute atomic E-state index is 13.1. The number of likely N-dealkylation sites (tertiary alicyclic amines) is 1. The number of aryl methyl sites for hydroxylation is 1. The van der Waals surface area contributed by atoms with Gasteiger partial charge in [0.15, 0.2) is 0 Å². The van der Waals surface area contributed by atoms with Crippen LogP contribution in [0.2, 0.25) is 0 Å². The molecule has 6 nitrogen and oxygen atoms in total. The molecule has 1 N–H and O–H groups in total. The number of aromatic nitrogens is 1. The Hall–Kier alpha value is -3.93. The van der Waals surface area contributed by atoms with Crippen LogP contribution in [0.5, 0.6) is 5.75 Å². The third-order valence-corrected chi connectivity index (χ3v) is 5.39. The molecule has 0 aliphatic carbocycles. The molecule has 1 amide bonds. The van der Waals surface area contributed by atoms with E-state index in [1.807, 2.05) is 44.2 Å². The van der Waals surface area contributed by atoms with Crippen molar-refractivity contribution in [3.8, 4) is 5.75 Å². The summed E-state index contributed by atoms with van der Waals surface area (Å²) in [5.41, 5.74) is 3.04. The summed E-state index contributed by atoms with van der Waals surface area (Å²) >= 11 is 0. The van der Waals surface area contributed by atoms with Crippen LogP contribution in [0.1, 0.15) is 35.2 Å². The number of carbonyl (C=O) groups excluding carboxylic acids is 2. The molecule has 0 radical (unpaired) electrons. The van der Waals surface area contributed by atoms with Gasteiger partial charge in [-0.2, -0.15) is 0 Å². The van der Waals surface area contributed by atoms with Crippen LogP contribution in [0.25, 0.3) is 5.76 Å². The van der Waals surface area contributed by atoms with E-state index in [0.29, 0.717) is 17.9 Å². The summed E-state index contributed by atoms with van der Waals surface area (Å²) in [6, 6.07) is 17.4. The van der Waals surface area contributed by atoms with Gasteiger partial charge in [0.05, 0.1) is 18.2 Å². The van der Waals surface area contributed by atoms with Gasteiger partial charge < -0.3 is 14.7 Å². The number of aliphatic hydroxyl groups is 1.